The van der Waals surface area contributed by atoms with Crippen LogP contribution < -0.4 is 5.32 Å². The normalized spacial score (nSPS) is 12.3. The molecule has 22 heavy (non-hydrogen) atoms. The topological polar surface area (TPSA) is 61.7 Å². The minimum atomic E-state index is -0.155. The second-order valence-electron chi connectivity index (χ2n) is 5.11. The highest BCUT2D eigenvalue weighted by atomic mass is 16.3. The fourth-order valence-electron chi connectivity index (χ4n) is 2.10. The molecule has 114 valence electrons. The molecule has 0 saturated carbocycles. The Morgan fingerprint density at radius 1 is 1.18 bits per heavy atom. The maximum atomic E-state index is 11.0. The van der Waals surface area contributed by atoms with Gasteiger partial charge in [-0.15, -0.1) is 0 Å². The van der Waals surface area contributed by atoms with E-state index in [1.165, 1.54) is 6.92 Å². The Labute approximate surface area is 130 Å². The molecule has 0 bridgehead atoms. The number of benzene rings is 2. The van der Waals surface area contributed by atoms with E-state index in [2.05, 4.69) is 10.3 Å². The van der Waals surface area contributed by atoms with Crippen molar-refractivity contribution in [1.29, 1.82) is 0 Å². The van der Waals surface area contributed by atoms with Crippen LogP contribution in [0, 0.1) is 0 Å². The quantitative estimate of drug-likeness (QED) is 0.805. The SMILES string of the molecule is CC(=O)Nc1ccc(C=N[C@@H](CO)Cc2ccccc2)cc1. The molecule has 2 aromatic rings. The molecule has 2 rings (SSSR count). The van der Waals surface area contributed by atoms with Crippen molar-refractivity contribution in [2.45, 2.75) is 19.4 Å². The van der Waals surface area contributed by atoms with E-state index in [-0.39, 0.29) is 18.6 Å². The number of nitrogens with one attached hydrogen (secondary N) is 1. The fourth-order valence-corrected chi connectivity index (χ4v) is 2.10. The van der Waals surface area contributed by atoms with Gasteiger partial charge in [0.25, 0.3) is 0 Å². The highest BCUT2D eigenvalue weighted by molar-refractivity contribution is 5.89. The van der Waals surface area contributed by atoms with Crippen LogP contribution >= 0.6 is 0 Å². The Morgan fingerprint density at radius 2 is 1.86 bits per heavy atom. The number of hydrogen-bond donors (Lipinski definition) is 2. The van der Waals surface area contributed by atoms with Crippen molar-refractivity contribution >= 4 is 17.8 Å². The zero-order chi connectivity index (χ0) is 15.8. The average Bonchev–Trinajstić information content (AvgIpc) is 2.53. The minimum Gasteiger partial charge on any atom is -0.394 e. The van der Waals surface area contributed by atoms with Gasteiger partial charge in [-0.25, -0.2) is 0 Å². The Balaban J connectivity index is 1.98. The van der Waals surface area contributed by atoms with Crippen molar-refractivity contribution in [2.75, 3.05) is 11.9 Å². The summed E-state index contributed by atoms with van der Waals surface area (Å²) in [5.74, 6) is -0.0929. The summed E-state index contributed by atoms with van der Waals surface area (Å²) >= 11 is 0. The minimum absolute atomic E-state index is 0.00930. The molecule has 0 aromatic heterocycles. The van der Waals surface area contributed by atoms with Crippen molar-refractivity contribution in [3.63, 3.8) is 0 Å². The van der Waals surface area contributed by atoms with Gasteiger partial charge in [-0.2, -0.15) is 0 Å². The molecule has 0 spiro atoms. The summed E-state index contributed by atoms with van der Waals surface area (Å²) < 4.78 is 0. The molecule has 0 aliphatic rings. The average molecular weight is 296 g/mol. The van der Waals surface area contributed by atoms with Crippen LogP contribution in [0.1, 0.15) is 18.1 Å². The highest BCUT2D eigenvalue weighted by Crippen LogP contribution is 2.09. The van der Waals surface area contributed by atoms with Crippen LogP contribution in [0.15, 0.2) is 59.6 Å². The van der Waals surface area contributed by atoms with Crippen molar-refractivity contribution in [1.82, 2.24) is 0 Å². The van der Waals surface area contributed by atoms with Crippen molar-refractivity contribution < 1.29 is 9.90 Å². The van der Waals surface area contributed by atoms with Crippen LogP contribution in [-0.2, 0) is 11.2 Å². The van der Waals surface area contributed by atoms with E-state index in [4.69, 9.17) is 0 Å². The summed E-state index contributed by atoms with van der Waals surface area (Å²) in [6.45, 7) is 1.49. The van der Waals surface area contributed by atoms with Gasteiger partial charge in [0, 0.05) is 18.8 Å². The molecule has 0 heterocycles. The number of aliphatic imine (C=N–C) groups is 1. The zero-order valence-corrected chi connectivity index (χ0v) is 12.6. The van der Waals surface area contributed by atoms with Crippen LogP contribution in [0.3, 0.4) is 0 Å². The van der Waals surface area contributed by atoms with E-state index in [9.17, 15) is 9.90 Å². The van der Waals surface area contributed by atoms with Gasteiger partial charge in [-0.3, -0.25) is 9.79 Å². The van der Waals surface area contributed by atoms with Gasteiger partial charge in [0.15, 0.2) is 0 Å². The Bertz CT molecular complexity index is 621. The third-order valence-corrected chi connectivity index (χ3v) is 3.19. The zero-order valence-electron chi connectivity index (χ0n) is 12.6. The maximum Gasteiger partial charge on any atom is 0.221 e. The first-order valence-corrected chi connectivity index (χ1v) is 7.23. The van der Waals surface area contributed by atoms with E-state index in [0.717, 1.165) is 16.8 Å². The number of anilines is 1. The third kappa shape index (κ3) is 5.14. The van der Waals surface area contributed by atoms with E-state index in [1.54, 1.807) is 6.21 Å². The summed E-state index contributed by atoms with van der Waals surface area (Å²) in [5, 5.41) is 12.2. The number of carbonyl (C=O) groups is 1. The number of aliphatic hydroxyl groups is 1. The van der Waals surface area contributed by atoms with Crippen molar-refractivity contribution in [3.05, 3.63) is 65.7 Å². The monoisotopic (exact) mass is 296 g/mol. The van der Waals surface area contributed by atoms with E-state index >= 15 is 0 Å². The molecule has 0 aliphatic carbocycles. The molecule has 2 aromatic carbocycles. The van der Waals surface area contributed by atoms with Crippen molar-refractivity contribution in [2.24, 2.45) is 4.99 Å². The van der Waals surface area contributed by atoms with Crippen LogP contribution in [-0.4, -0.2) is 29.9 Å². The highest BCUT2D eigenvalue weighted by Gasteiger charge is 2.05. The van der Waals surface area contributed by atoms with Crippen LogP contribution in [0.4, 0.5) is 5.69 Å². The van der Waals surface area contributed by atoms with Gasteiger partial charge in [0.2, 0.25) is 5.91 Å². The van der Waals surface area contributed by atoms with Gasteiger partial charge >= 0.3 is 0 Å². The molecule has 0 aliphatic heterocycles. The lowest BCUT2D eigenvalue weighted by Crippen LogP contribution is -2.14. The lowest BCUT2D eigenvalue weighted by Gasteiger charge is -2.09. The van der Waals surface area contributed by atoms with Gasteiger partial charge in [0.1, 0.15) is 0 Å². The van der Waals surface area contributed by atoms with Gasteiger partial charge in [0.05, 0.1) is 12.6 Å². The molecule has 0 saturated heterocycles. The van der Waals surface area contributed by atoms with Gasteiger partial charge < -0.3 is 10.4 Å². The van der Waals surface area contributed by atoms with E-state index < -0.39 is 0 Å². The largest absolute Gasteiger partial charge is 0.394 e. The number of hydrogen-bond acceptors (Lipinski definition) is 3. The molecular weight excluding hydrogens is 276 g/mol. The van der Waals surface area contributed by atoms with Gasteiger partial charge in [-0.1, -0.05) is 42.5 Å². The van der Waals surface area contributed by atoms with Gasteiger partial charge in [-0.05, 0) is 29.7 Å². The first-order chi connectivity index (χ1) is 10.7. The molecule has 0 fully saturated rings. The molecule has 0 radical (unpaired) electrons. The molecule has 4 heteroatoms. The van der Waals surface area contributed by atoms with Crippen LogP contribution in [0.2, 0.25) is 0 Å². The number of carbonyl (C=O) groups excluding carboxylic acids is 1. The second-order valence-corrected chi connectivity index (χ2v) is 5.11. The summed E-state index contributed by atoms with van der Waals surface area (Å²) in [5.41, 5.74) is 2.84. The fraction of sp³-hybridized carbons (Fsp3) is 0.222. The number of nitrogens with zero attached hydrogens (tertiary/aromatic N) is 1. The predicted molar refractivity (Wildman–Crippen MR) is 89.4 cm³/mol. The molecule has 1 amide bonds. The van der Waals surface area contributed by atoms with E-state index in [0.29, 0.717) is 6.42 Å². The summed E-state index contributed by atoms with van der Waals surface area (Å²) in [6.07, 6.45) is 2.46. The predicted octanol–water partition coefficient (Wildman–Crippen LogP) is 2.67. The third-order valence-electron chi connectivity index (χ3n) is 3.19. The first kappa shape index (κ1) is 15.9. The molecule has 0 unspecified atom stereocenters. The van der Waals surface area contributed by atoms with Crippen LogP contribution in [0.25, 0.3) is 0 Å². The van der Waals surface area contributed by atoms with E-state index in [1.807, 2.05) is 54.6 Å². The lowest BCUT2D eigenvalue weighted by molar-refractivity contribution is -0.114. The first-order valence-electron chi connectivity index (χ1n) is 7.23. The maximum absolute atomic E-state index is 11.0. The molecular formula is C18H20N2O2. The molecule has 4 nitrogen and oxygen atoms in total. The Hall–Kier alpha value is -2.46. The molecule has 2 N–H and O–H groups in total. The Morgan fingerprint density at radius 3 is 2.45 bits per heavy atom. The van der Waals surface area contributed by atoms with Crippen LogP contribution in [0.5, 0.6) is 0 Å². The number of amides is 1. The second kappa shape index (κ2) is 8.10. The lowest BCUT2D eigenvalue weighted by atomic mass is 10.1. The summed E-state index contributed by atoms with van der Waals surface area (Å²) in [4.78, 5) is 15.4. The van der Waals surface area contributed by atoms with Crippen molar-refractivity contribution in [3.8, 4) is 0 Å². The summed E-state index contributed by atoms with van der Waals surface area (Å²) in [6, 6.07) is 17.2. The number of rotatable bonds is 6. The standard InChI is InChI=1S/C18H20N2O2/c1-14(22)20-17-9-7-16(8-10-17)12-19-18(13-21)11-15-5-3-2-4-6-15/h2-10,12,18,21H,11,13H2,1H3,(H,20,22)/t18-/m1/s1. The number of aliphatic hydroxyl groups excluding tert-OH is 1. The smallest absolute Gasteiger partial charge is 0.221 e. The molecule has 1 atom stereocenters. The Kier molecular flexibility index (Phi) is 5.86. The summed E-state index contributed by atoms with van der Waals surface area (Å²) in [7, 11) is 0.